The summed E-state index contributed by atoms with van der Waals surface area (Å²) < 4.78 is 26.7. The van der Waals surface area contributed by atoms with Crippen LogP contribution in [0.1, 0.15) is 10.4 Å². The Labute approximate surface area is 100 Å². The molecule has 1 N–H and O–H groups in total. The van der Waals surface area contributed by atoms with Crippen LogP contribution < -0.4 is 5.32 Å². The highest BCUT2D eigenvalue weighted by molar-refractivity contribution is 7.91. The minimum atomic E-state index is -3.26. The normalized spacial score (nSPS) is 18.9. The van der Waals surface area contributed by atoms with Crippen LogP contribution in [-0.4, -0.2) is 38.9 Å². The molecule has 4 nitrogen and oxygen atoms in total. The second-order valence-corrected chi connectivity index (χ2v) is 7.37. The predicted octanol–water partition coefficient (Wildman–Crippen LogP) is 0.959. The zero-order chi connectivity index (χ0) is 11.8. The number of hydrogen-bond acceptors (Lipinski definition) is 4. The Morgan fingerprint density at radius 3 is 2.44 bits per heavy atom. The van der Waals surface area contributed by atoms with Gasteiger partial charge in [-0.1, -0.05) is 0 Å². The quantitative estimate of drug-likeness (QED) is 0.861. The molecule has 0 saturated carbocycles. The molecule has 2 heterocycles. The largest absolute Gasteiger partial charge is 0.314 e. The van der Waals surface area contributed by atoms with Gasteiger partial charge in [0.1, 0.15) is 4.21 Å². The molecule has 0 aromatic carbocycles. The van der Waals surface area contributed by atoms with Gasteiger partial charge in [0.05, 0.1) is 0 Å². The van der Waals surface area contributed by atoms with Crippen molar-refractivity contribution < 1.29 is 8.42 Å². The van der Waals surface area contributed by atoms with Crippen LogP contribution in [0.25, 0.3) is 0 Å². The summed E-state index contributed by atoms with van der Waals surface area (Å²) in [6.07, 6.45) is 0. The van der Waals surface area contributed by atoms with Crippen LogP contribution in [0.15, 0.2) is 10.3 Å². The molecular weight excluding hydrogens is 244 g/mol. The van der Waals surface area contributed by atoms with Crippen LogP contribution in [0, 0.1) is 13.8 Å². The van der Waals surface area contributed by atoms with Gasteiger partial charge in [-0.15, -0.1) is 11.3 Å². The van der Waals surface area contributed by atoms with Crippen molar-refractivity contribution in [1.29, 1.82) is 0 Å². The highest BCUT2D eigenvalue weighted by atomic mass is 32.2. The summed E-state index contributed by atoms with van der Waals surface area (Å²) in [7, 11) is -3.26. The second-order valence-electron chi connectivity index (χ2n) is 3.98. The van der Waals surface area contributed by atoms with Gasteiger partial charge >= 0.3 is 0 Å². The number of sulfonamides is 1. The van der Waals surface area contributed by atoms with E-state index in [-0.39, 0.29) is 0 Å². The van der Waals surface area contributed by atoms with E-state index in [1.165, 1.54) is 11.3 Å². The molecule has 1 aliphatic heterocycles. The third-order valence-electron chi connectivity index (χ3n) is 2.65. The molecule has 90 valence electrons. The maximum Gasteiger partial charge on any atom is 0.252 e. The monoisotopic (exact) mass is 260 g/mol. The molecule has 0 aliphatic carbocycles. The first kappa shape index (κ1) is 12.0. The number of aryl methyl sites for hydroxylation is 2. The van der Waals surface area contributed by atoms with E-state index in [4.69, 9.17) is 0 Å². The molecule has 0 atom stereocenters. The number of thiophene rings is 1. The lowest BCUT2D eigenvalue weighted by molar-refractivity contribution is 0.361. The van der Waals surface area contributed by atoms with Crippen molar-refractivity contribution in [3.8, 4) is 0 Å². The molecule has 0 spiro atoms. The van der Waals surface area contributed by atoms with Crippen LogP contribution in [-0.2, 0) is 10.0 Å². The van der Waals surface area contributed by atoms with Crippen molar-refractivity contribution in [2.45, 2.75) is 18.1 Å². The van der Waals surface area contributed by atoms with E-state index < -0.39 is 10.0 Å². The highest BCUT2D eigenvalue weighted by Crippen LogP contribution is 2.28. The Hall–Kier alpha value is -0.430. The van der Waals surface area contributed by atoms with E-state index >= 15 is 0 Å². The summed E-state index contributed by atoms with van der Waals surface area (Å²) in [4.78, 5) is 1.05. The van der Waals surface area contributed by atoms with Crippen molar-refractivity contribution in [3.05, 3.63) is 16.5 Å². The lowest BCUT2D eigenvalue weighted by Gasteiger charge is -2.26. The van der Waals surface area contributed by atoms with Gasteiger partial charge in [-0.25, -0.2) is 8.42 Å². The molecule has 0 amide bonds. The standard InChI is InChI=1S/C10H16N2O2S2/c1-8-7-9(2)15-10(8)16(13,14)12-5-3-11-4-6-12/h7,11H,3-6H2,1-2H3. The highest BCUT2D eigenvalue weighted by Gasteiger charge is 2.28. The maximum atomic E-state index is 12.3. The molecule has 2 rings (SSSR count). The van der Waals surface area contributed by atoms with E-state index in [9.17, 15) is 8.42 Å². The third kappa shape index (κ3) is 2.15. The fourth-order valence-corrected chi connectivity index (χ4v) is 5.12. The summed E-state index contributed by atoms with van der Waals surface area (Å²) in [5.74, 6) is 0. The number of nitrogens with zero attached hydrogens (tertiary/aromatic N) is 1. The Bertz CT molecular complexity index is 473. The summed E-state index contributed by atoms with van der Waals surface area (Å²) in [6.45, 7) is 6.41. The van der Waals surface area contributed by atoms with Crippen LogP contribution in [0.3, 0.4) is 0 Å². The molecule has 16 heavy (non-hydrogen) atoms. The maximum absolute atomic E-state index is 12.3. The molecule has 1 aromatic heterocycles. The van der Waals surface area contributed by atoms with Crippen molar-refractivity contribution in [1.82, 2.24) is 9.62 Å². The zero-order valence-corrected chi connectivity index (χ0v) is 11.1. The fraction of sp³-hybridized carbons (Fsp3) is 0.600. The predicted molar refractivity (Wildman–Crippen MR) is 65.4 cm³/mol. The lowest BCUT2D eigenvalue weighted by atomic mass is 10.4. The first-order valence-electron chi connectivity index (χ1n) is 5.30. The molecule has 0 bridgehead atoms. The Morgan fingerprint density at radius 1 is 1.31 bits per heavy atom. The fourth-order valence-electron chi connectivity index (χ4n) is 1.88. The average Bonchev–Trinajstić information content (AvgIpc) is 2.60. The van der Waals surface area contributed by atoms with E-state index in [0.717, 1.165) is 23.5 Å². The molecule has 1 saturated heterocycles. The van der Waals surface area contributed by atoms with Crippen LogP contribution >= 0.6 is 11.3 Å². The van der Waals surface area contributed by atoms with Gasteiger partial charge in [-0.2, -0.15) is 4.31 Å². The van der Waals surface area contributed by atoms with Gasteiger partial charge in [0.25, 0.3) is 10.0 Å². The average molecular weight is 260 g/mol. The van der Waals surface area contributed by atoms with Crippen LogP contribution in [0.5, 0.6) is 0 Å². The number of nitrogens with one attached hydrogen (secondary N) is 1. The second kappa shape index (κ2) is 4.44. The van der Waals surface area contributed by atoms with E-state index in [2.05, 4.69) is 5.32 Å². The lowest BCUT2D eigenvalue weighted by Crippen LogP contribution is -2.46. The van der Waals surface area contributed by atoms with Gasteiger partial charge < -0.3 is 5.32 Å². The van der Waals surface area contributed by atoms with Crippen molar-refractivity contribution in [2.75, 3.05) is 26.2 Å². The van der Waals surface area contributed by atoms with E-state index in [1.54, 1.807) is 4.31 Å². The topological polar surface area (TPSA) is 49.4 Å². The Kier molecular flexibility index (Phi) is 3.34. The summed E-state index contributed by atoms with van der Waals surface area (Å²) >= 11 is 1.36. The van der Waals surface area contributed by atoms with Crippen LogP contribution in [0.2, 0.25) is 0 Å². The summed E-state index contributed by atoms with van der Waals surface area (Å²) in [5.41, 5.74) is 0.862. The Morgan fingerprint density at radius 2 is 1.94 bits per heavy atom. The molecule has 1 fully saturated rings. The number of hydrogen-bond donors (Lipinski definition) is 1. The van der Waals surface area contributed by atoms with Gasteiger partial charge in [0.15, 0.2) is 0 Å². The molecule has 1 aromatic rings. The van der Waals surface area contributed by atoms with Crippen LogP contribution in [0.4, 0.5) is 0 Å². The minimum absolute atomic E-state index is 0.506. The third-order valence-corrected chi connectivity index (χ3v) is 6.31. The molecule has 1 aliphatic rings. The van der Waals surface area contributed by atoms with Gasteiger partial charge in [-0.05, 0) is 25.5 Å². The first-order chi connectivity index (χ1) is 7.51. The van der Waals surface area contributed by atoms with E-state index in [1.807, 2.05) is 19.9 Å². The van der Waals surface area contributed by atoms with Crippen molar-refractivity contribution >= 4 is 21.4 Å². The number of piperazine rings is 1. The first-order valence-corrected chi connectivity index (χ1v) is 7.55. The molecule has 6 heteroatoms. The van der Waals surface area contributed by atoms with Gasteiger partial charge in [0.2, 0.25) is 0 Å². The van der Waals surface area contributed by atoms with Crippen molar-refractivity contribution in [2.24, 2.45) is 0 Å². The van der Waals surface area contributed by atoms with E-state index in [0.29, 0.717) is 17.3 Å². The smallest absolute Gasteiger partial charge is 0.252 e. The van der Waals surface area contributed by atoms with Gasteiger partial charge in [-0.3, -0.25) is 0 Å². The number of rotatable bonds is 2. The molecular formula is C10H16N2O2S2. The minimum Gasteiger partial charge on any atom is -0.314 e. The summed E-state index contributed by atoms with van der Waals surface area (Å²) in [6, 6.07) is 1.93. The SMILES string of the molecule is Cc1cc(C)c(S(=O)(=O)N2CCNCC2)s1. The van der Waals surface area contributed by atoms with Crippen molar-refractivity contribution in [3.63, 3.8) is 0 Å². The van der Waals surface area contributed by atoms with Gasteiger partial charge in [0, 0.05) is 31.1 Å². The molecule has 0 unspecified atom stereocenters. The summed E-state index contributed by atoms with van der Waals surface area (Å²) in [5, 5.41) is 3.16. The molecule has 0 radical (unpaired) electrons. The Balaban J connectivity index is 2.34. The zero-order valence-electron chi connectivity index (χ0n) is 9.49.